The number of hydrogen-bond acceptors (Lipinski definition) is 2. The molecule has 96 valence electrons. The van der Waals surface area contributed by atoms with Crippen LogP contribution in [0.5, 0.6) is 5.75 Å². The van der Waals surface area contributed by atoms with E-state index in [1.54, 1.807) is 12.1 Å². The second-order valence-electron chi connectivity index (χ2n) is 4.72. The first-order valence-corrected chi connectivity index (χ1v) is 6.04. The minimum atomic E-state index is -0.805. The molecule has 0 unspecified atom stereocenters. The molecule has 0 amide bonds. The number of aryl methyl sites for hydroxylation is 1. The summed E-state index contributed by atoms with van der Waals surface area (Å²) < 4.78 is 1.99. The van der Waals surface area contributed by atoms with Crippen LogP contribution in [0.25, 0.3) is 10.9 Å². The number of carboxylic acids is 1. The maximum absolute atomic E-state index is 10.7. The Kier molecular flexibility index (Phi) is 3.28. The fourth-order valence-electron chi connectivity index (χ4n) is 2.21. The molecule has 0 aliphatic rings. The molecule has 2 rings (SSSR count). The molecule has 0 aliphatic carbocycles. The Morgan fingerprint density at radius 3 is 2.72 bits per heavy atom. The monoisotopic (exact) mass is 247 g/mol. The fourth-order valence-corrected chi connectivity index (χ4v) is 2.21. The SMILES string of the molecule is CC(C)n1cc(CCC(=O)O)c2cccc(O)c21. The lowest BCUT2D eigenvalue weighted by Crippen LogP contribution is -1.99. The number of aromatic hydroxyl groups is 1. The van der Waals surface area contributed by atoms with Crippen LogP contribution in [0, 0.1) is 0 Å². The molecule has 0 aliphatic heterocycles. The van der Waals surface area contributed by atoms with E-state index in [1.165, 1.54) is 0 Å². The van der Waals surface area contributed by atoms with Crippen molar-refractivity contribution in [3.63, 3.8) is 0 Å². The maximum atomic E-state index is 10.7. The van der Waals surface area contributed by atoms with Crippen molar-refractivity contribution in [2.45, 2.75) is 32.7 Å². The normalized spacial score (nSPS) is 11.3. The molecule has 0 saturated heterocycles. The van der Waals surface area contributed by atoms with Crippen molar-refractivity contribution in [3.8, 4) is 5.75 Å². The minimum absolute atomic E-state index is 0.104. The molecule has 1 heterocycles. The third-order valence-corrected chi connectivity index (χ3v) is 3.08. The molecule has 2 aromatic rings. The molecule has 1 aromatic heterocycles. The van der Waals surface area contributed by atoms with E-state index in [9.17, 15) is 9.90 Å². The van der Waals surface area contributed by atoms with E-state index in [-0.39, 0.29) is 18.2 Å². The van der Waals surface area contributed by atoms with E-state index in [1.807, 2.05) is 30.7 Å². The summed E-state index contributed by atoms with van der Waals surface area (Å²) in [5.74, 6) is -0.566. The van der Waals surface area contributed by atoms with Crippen molar-refractivity contribution in [3.05, 3.63) is 30.0 Å². The molecule has 4 nitrogen and oxygen atoms in total. The second-order valence-corrected chi connectivity index (χ2v) is 4.72. The third-order valence-electron chi connectivity index (χ3n) is 3.08. The van der Waals surface area contributed by atoms with E-state index in [2.05, 4.69) is 0 Å². The summed E-state index contributed by atoms with van der Waals surface area (Å²) in [5.41, 5.74) is 1.75. The van der Waals surface area contributed by atoms with Gasteiger partial charge in [0.25, 0.3) is 0 Å². The quantitative estimate of drug-likeness (QED) is 0.873. The number of para-hydroxylation sites is 1. The van der Waals surface area contributed by atoms with Crippen molar-refractivity contribution < 1.29 is 15.0 Å². The topological polar surface area (TPSA) is 62.5 Å². The van der Waals surface area contributed by atoms with Crippen molar-refractivity contribution in [2.75, 3.05) is 0 Å². The largest absolute Gasteiger partial charge is 0.506 e. The van der Waals surface area contributed by atoms with Crippen LogP contribution in [0.2, 0.25) is 0 Å². The van der Waals surface area contributed by atoms with Crippen molar-refractivity contribution >= 4 is 16.9 Å². The Balaban J connectivity index is 2.54. The van der Waals surface area contributed by atoms with Gasteiger partial charge >= 0.3 is 5.97 Å². The smallest absolute Gasteiger partial charge is 0.303 e. The van der Waals surface area contributed by atoms with Gasteiger partial charge in [0, 0.05) is 24.0 Å². The van der Waals surface area contributed by atoms with Crippen LogP contribution >= 0.6 is 0 Å². The highest BCUT2D eigenvalue weighted by atomic mass is 16.4. The molecule has 2 N–H and O–H groups in total. The van der Waals surface area contributed by atoms with Gasteiger partial charge in [-0.3, -0.25) is 4.79 Å². The van der Waals surface area contributed by atoms with Crippen LogP contribution in [0.4, 0.5) is 0 Å². The van der Waals surface area contributed by atoms with Crippen molar-refractivity contribution in [2.24, 2.45) is 0 Å². The zero-order chi connectivity index (χ0) is 13.3. The van der Waals surface area contributed by atoms with Gasteiger partial charge in [0.2, 0.25) is 0 Å². The zero-order valence-corrected chi connectivity index (χ0v) is 10.6. The lowest BCUT2D eigenvalue weighted by molar-refractivity contribution is -0.136. The van der Waals surface area contributed by atoms with Crippen LogP contribution in [-0.4, -0.2) is 20.7 Å². The van der Waals surface area contributed by atoms with Gasteiger partial charge in [-0.15, -0.1) is 0 Å². The fraction of sp³-hybridized carbons (Fsp3) is 0.357. The molecule has 0 radical (unpaired) electrons. The lowest BCUT2D eigenvalue weighted by atomic mass is 10.1. The molecule has 0 spiro atoms. The van der Waals surface area contributed by atoms with Crippen molar-refractivity contribution in [1.82, 2.24) is 4.57 Å². The van der Waals surface area contributed by atoms with Gasteiger partial charge in [-0.25, -0.2) is 0 Å². The number of phenols is 1. The Hall–Kier alpha value is -1.97. The van der Waals surface area contributed by atoms with Crippen LogP contribution < -0.4 is 0 Å². The highest BCUT2D eigenvalue weighted by molar-refractivity contribution is 5.89. The second kappa shape index (κ2) is 4.72. The minimum Gasteiger partial charge on any atom is -0.506 e. The average Bonchev–Trinajstić information content (AvgIpc) is 2.67. The van der Waals surface area contributed by atoms with Gasteiger partial charge in [-0.1, -0.05) is 12.1 Å². The zero-order valence-electron chi connectivity index (χ0n) is 10.6. The Labute approximate surface area is 105 Å². The molecule has 4 heteroatoms. The number of hydrogen-bond donors (Lipinski definition) is 2. The number of aliphatic carboxylic acids is 1. The van der Waals surface area contributed by atoms with Crippen LogP contribution in [-0.2, 0) is 11.2 Å². The summed E-state index contributed by atoms with van der Waals surface area (Å²) >= 11 is 0. The van der Waals surface area contributed by atoms with E-state index >= 15 is 0 Å². The first-order chi connectivity index (χ1) is 8.50. The Bertz CT molecular complexity index is 584. The summed E-state index contributed by atoms with van der Waals surface area (Å²) in [6.07, 6.45) is 2.53. The van der Waals surface area contributed by atoms with Crippen LogP contribution in [0.1, 0.15) is 31.9 Å². The number of rotatable bonds is 4. The number of nitrogens with zero attached hydrogens (tertiary/aromatic N) is 1. The highest BCUT2D eigenvalue weighted by Gasteiger charge is 2.14. The number of phenolic OH excluding ortho intramolecular Hbond substituents is 1. The number of benzene rings is 1. The number of fused-ring (bicyclic) bond motifs is 1. The molecule has 0 bridgehead atoms. The number of carbonyl (C=O) groups is 1. The Morgan fingerprint density at radius 2 is 2.11 bits per heavy atom. The third kappa shape index (κ3) is 2.18. The molecule has 0 fully saturated rings. The lowest BCUT2D eigenvalue weighted by Gasteiger charge is -2.09. The molecule has 1 aromatic carbocycles. The molecular formula is C14H17NO3. The summed E-state index contributed by atoms with van der Waals surface area (Å²) in [4.78, 5) is 10.7. The highest BCUT2D eigenvalue weighted by Crippen LogP contribution is 2.31. The molecule has 0 saturated carbocycles. The van der Waals surface area contributed by atoms with E-state index in [4.69, 9.17) is 5.11 Å². The summed E-state index contributed by atoms with van der Waals surface area (Å²) in [5, 5.41) is 19.7. The predicted octanol–water partition coefficient (Wildman–Crippen LogP) is 2.95. The number of aromatic nitrogens is 1. The molecule has 0 atom stereocenters. The van der Waals surface area contributed by atoms with E-state index in [0.29, 0.717) is 6.42 Å². The maximum Gasteiger partial charge on any atom is 0.303 e. The summed E-state index contributed by atoms with van der Waals surface area (Å²) in [6, 6.07) is 5.58. The van der Waals surface area contributed by atoms with Crippen LogP contribution in [0.15, 0.2) is 24.4 Å². The number of carboxylic acid groups (broad SMARTS) is 1. The average molecular weight is 247 g/mol. The Morgan fingerprint density at radius 1 is 1.39 bits per heavy atom. The first-order valence-electron chi connectivity index (χ1n) is 6.04. The van der Waals surface area contributed by atoms with Gasteiger partial charge < -0.3 is 14.8 Å². The molecular weight excluding hydrogens is 230 g/mol. The summed E-state index contributed by atoms with van der Waals surface area (Å²) in [7, 11) is 0. The van der Waals surface area contributed by atoms with Gasteiger partial charge in [0.1, 0.15) is 5.75 Å². The van der Waals surface area contributed by atoms with Gasteiger partial charge in [-0.05, 0) is 31.9 Å². The van der Waals surface area contributed by atoms with E-state index < -0.39 is 5.97 Å². The molecule has 18 heavy (non-hydrogen) atoms. The van der Waals surface area contributed by atoms with Crippen LogP contribution in [0.3, 0.4) is 0 Å². The van der Waals surface area contributed by atoms with Gasteiger partial charge in [0.05, 0.1) is 5.52 Å². The standard InChI is InChI=1S/C14H17NO3/c1-9(2)15-8-10(6-7-13(17)18)11-4-3-5-12(16)14(11)15/h3-5,8-9,16H,6-7H2,1-2H3,(H,17,18). The first kappa shape index (κ1) is 12.5. The van der Waals surface area contributed by atoms with Gasteiger partial charge in [-0.2, -0.15) is 0 Å². The summed E-state index contributed by atoms with van der Waals surface area (Å²) in [6.45, 7) is 4.07. The predicted molar refractivity (Wildman–Crippen MR) is 69.9 cm³/mol. The van der Waals surface area contributed by atoms with Crippen molar-refractivity contribution in [1.29, 1.82) is 0 Å². The van der Waals surface area contributed by atoms with E-state index in [0.717, 1.165) is 16.5 Å². The van der Waals surface area contributed by atoms with Gasteiger partial charge in [0.15, 0.2) is 0 Å².